The van der Waals surface area contributed by atoms with Crippen LogP contribution in [0.1, 0.15) is 16.8 Å². The van der Waals surface area contributed by atoms with Crippen molar-refractivity contribution in [3.63, 3.8) is 0 Å². The number of aromatic carboxylic acids is 1. The van der Waals surface area contributed by atoms with Gasteiger partial charge in [0.25, 0.3) is 0 Å². The molecule has 0 saturated carbocycles. The molecule has 1 aromatic carbocycles. The quantitative estimate of drug-likeness (QED) is 0.647. The van der Waals surface area contributed by atoms with Crippen LogP contribution in [0.5, 0.6) is 0 Å². The summed E-state index contributed by atoms with van der Waals surface area (Å²) in [5.74, 6) is -1.01. The second-order valence-corrected chi connectivity index (χ2v) is 6.69. The van der Waals surface area contributed by atoms with Gasteiger partial charge in [-0.1, -0.05) is 15.9 Å². The lowest BCUT2D eigenvalue weighted by Crippen LogP contribution is -2.24. The lowest BCUT2D eigenvalue weighted by molar-refractivity contribution is 0.0698. The third kappa shape index (κ3) is 6.04. The number of carboxylic acid groups (broad SMARTS) is 1. The Morgan fingerprint density at radius 3 is 2.63 bits per heavy atom. The van der Waals surface area contributed by atoms with E-state index >= 15 is 0 Å². The van der Waals surface area contributed by atoms with Crippen molar-refractivity contribution in [1.29, 1.82) is 0 Å². The Morgan fingerprint density at radius 2 is 2.05 bits per heavy atom. The molecule has 0 aliphatic rings. The van der Waals surface area contributed by atoms with Crippen LogP contribution in [0.15, 0.2) is 22.7 Å². The second kappa shape index (κ2) is 6.88. The summed E-state index contributed by atoms with van der Waals surface area (Å²) in [5.41, 5.74) is 0.681. The van der Waals surface area contributed by atoms with E-state index < -0.39 is 16.0 Å². The van der Waals surface area contributed by atoms with Crippen LogP contribution in [-0.2, 0) is 10.0 Å². The zero-order valence-corrected chi connectivity index (χ0v) is 12.7. The normalized spacial score (nSPS) is 11.3. The fourth-order valence-electron chi connectivity index (χ4n) is 1.42. The lowest BCUT2D eigenvalue weighted by Gasteiger charge is -2.10. The van der Waals surface area contributed by atoms with E-state index in [1.807, 2.05) is 0 Å². The maximum atomic E-state index is 11.0. The maximum absolute atomic E-state index is 11.0. The molecule has 1 aromatic rings. The lowest BCUT2D eigenvalue weighted by atomic mass is 10.2. The Morgan fingerprint density at radius 1 is 1.37 bits per heavy atom. The monoisotopic (exact) mass is 350 g/mol. The molecular formula is C11H15BrN2O4S. The van der Waals surface area contributed by atoms with Gasteiger partial charge in [-0.2, -0.15) is 0 Å². The third-order valence-corrected chi connectivity index (χ3v) is 3.47. The van der Waals surface area contributed by atoms with Crippen LogP contribution in [-0.4, -0.2) is 38.8 Å². The molecule has 0 atom stereocenters. The molecule has 0 aliphatic heterocycles. The summed E-state index contributed by atoms with van der Waals surface area (Å²) in [5, 5.41) is 12.0. The average molecular weight is 351 g/mol. The Hall–Kier alpha value is -1.12. The van der Waals surface area contributed by atoms with E-state index in [1.54, 1.807) is 12.1 Å². The standard InChI is InChI=1S/C11H15BrN2O4S/c1-19(17,18)14-6-2-5-13-10-7-8(12)3-4-9(10)11(15)16/h3-4,7,13-14H,2,5-6H2,1H3,(H,15,16). The molecule has 0 amide bonds. The van der Waals surface area contributed by atoms with Gasteiger partial charge in [-0.25, -0.2) is 17.9 Å². The van der Waals surface area contributed by atoms with Gasteiger partial charge in [0.2, 0.25) is 10.0 Å². The van der Waals surface area contributed by atoms with Gasteiger partial charge in [-0.05, 0) is 24.6 Å². The molecule has 0 fully saturated rings. The first-order valence-corrected chi connectivity index (χ1v) is 8.19. The molecule has 0 aliphatic carbocycles. The summed E-state index contributed by atoms with van der Waals surface area (Å²) in [6, 6.07) is 4.83. The molecule has 106 valence electrons. The van der Waals surface area contributed by atoms with Crippen molar-refractivity contribution in [2.45, 2.75) is 6.42 Å². The summed E-state index contributed by atoms with van der Waals surface area (Å²) in [4.78, 5) is 11.0. The topological polar surface area (TPSA) is 95.5 Å². The van der Waals surface area contributed by atoms with Crippen molar-refractivity contribution in [3.05, 3.63) is 28.2 Å². The van der Waals surface area contributed by atoms with Crippen LogP contribution in [0.25, 0.3) is 0 Å². The van der Waals surface area contributed by atoms with Gasteiger partial charge in [0.1, 0.15) is 0 Å². The minimum absolute atomic E-state index is 0.180. The molecule has 3 N–H and O–H groups in total. The van der Waals surface area contributed by atoms with Crippen molar-refractivity contribution in [2.75, 3.05) is 24.7 Å². The van der Waals surface area contributed by atoms with Crippen LogP contribution < -0.4 is 10.0 Å². The number of nitrogens with one attached hydrogen (secondary N) is 2. The minimum Gasteiger partial charge on any atom is -0.478 e. The Bertz CT molecular complexity index is 560. The fraction of sp³-hybridized carbons (Fsp3) is 0.364. The molecule has 1 rings (SSSR count). The van der Waals surface area contributed by atoms with Gasteiger partial charge in [-0.15, -0.1) is 0 Å². The number of sulfonamides is 1. The van der Waals surface area contributed by atoms with Gasteiger partial charge in [0, 0.05) is 23.2 Å². The molecule has 0 heterocycles. The molecular weight excluding hydrogens is 336 g/mol. The molecule has 0 unspecified atom stereocenters. The molecule has 0 saturated heterocycles. The number of carbonyl (C=O) groups is 1. The van der Waals surface area contributed by atoms with E-state index in [1.165, 1.54) is 6.07 Å². The Balaban J connectivity index is 2.53. The highest BCUT2D eigenvalue weighted by molar-refractivity contribution is 9.10. The second-order valence-electron chi connectivity index (χ2n) is 3.94. The highest BCUT2D eigenvalue weighted by Crippen LogP contribution is 2.21. The molecule has 8 heteroatoms. The highest BCUT2D eigenvalue weighted by Gasteiger charge is 2.09. The van der Waals surface area contributed by atoms with Gasteiger partial charge < -0.3 is 10.4 Å². The molecule has 0 spiro atoms. The zero-order valence-electron chi connectivity index (χ0n) is 10.3. The number of hydrogen-bond donors (Lipinski definition) is 3. The average Bonchev–Trinajstić information content (AvgIpc) is 2.26. The summed E-state index contributed by atoms with van der Waals surface area (Å²) in [6.07, 6.45) is 1.65. The van der Waals surface area contributed by atoms with E-state index in [0.717, 1.165) is 10.7 Å². The van der Waals surface area contributed by atoms with Crippen LogP contribution in [0.4, 0.5) is 5.69 Å². The van der Waals surface area contributed by atoms with E-state index in [0.29, 0.717) is 25.2 Å². The van der Waals surface area contributed by atoms with Gasteiger partial charge >= 0.3 is 5.97 Å². The van der Waals surface area contributed by atoms with Crippen molar-refractivity contribution in [3.8, 4) is 0 Å². The number of carboxylic acids is 1. The fourth-order valence-corrected chi connectivity index (χ4v) is 2.29. The third-order valence-electron chi connectivity index (χ3n) is 2.25. The van der Waals surface area contributed by atoms with Crippen molar-refractivity contribution in [2.24, 2.45) is 0 Å². The first-order valence-electron chi connectivity index (χ1n) is 5.51. The SMILES string of the molecule is CS(=O)(=O)NCCCNc1cc(Br)ccc1C(=O)O. The van der Waals surface area contributed by atoms with Crippen LogP contribution in [0.2, 0.25) is 0 Å². The Labute approximate surface area is 120 Å². The number of benzene rings is 1. The van der Waals surface area contributed by atoms with Gasteiger partial charge in [-0.3, -0.25) is 0 Å². The van der Waals surface area contributed by atoms with E-state index in [9.17, 15) is 13.2 Å². The first-order chi connectivity index (χ1) is 8.79. The summed E-state index contributed by atoms with van der Waals surface area (Å²) in [7, 11) is -3.18. The van der Waals surface area contributed by atoms with Gasteiger partial charge in [0.05, 0.1) is 11.8 Å². The number of rotatable bonds is 7. The largest absolute Gasteiger partial charge is 0.478 e. The smallest absolute Gasteiger partial charge is 0.337 e. The predicted octanol–water partition coefficient (Wildman–Crippen LogP) is 1.50. The van der Waals surface area contributed by atoms with Crippen LogP contribution >= 0.6 is 15.9 Å². The molecule has 0 bridgehead atoms. The number of anilines is 1. The van der Waals surface area contributed by atoms with Crippen LogP contribution in [0, 0.1) is 0 Å². The van der Waals surface area contributed by atoms with E-state index in [2.05, 4.69) is 26.0 Å². The predicted molar refractivity (Wildman–Crippen MR) is 77.1 cm³/mol. The first kappa shape index (κ1) is 15.9. The van der Waals surface area contributed by atoms with Crippen molar-refractivity contribution in [1.82, 2.24) is 4.72 Å². The van der Waals surface area contributed by atoms with Crippen molar-refractivity contribution < 1.29 is 18.3 Å². The summed E-state index contributed by atoms with van der Waals surface area (Å²) >= 11 is 3.27. The molecule has 6 nitrogen and oxygen atoms in total. The van der Waals surface area contributed by atoms with E-state index in [-0.39, 0.29) is 5.56 Å². The minimum atomic E-state index is -3.18. The summed E-state index contributed by atoms with van der Waals surface area (Å²) < 4.78 is 24.8. The van der Waals surface area contributed by atoms with Crippen LogP contribution in [0.3, 0.4) is 0 Å². The highest BCUT2D eigenvalue weighted by atomic mass is 79.9. The van der Waals surface area contributed by atoms with Gasteiger partial charge in [0.15, 0.2) is 0 Å². The Kier molecular flexibility index (Phi) is 5.77. The molecule has 0 aromatic heterocycles. The van der Waals surface area contributed by atoms with E-state index in [4.69, 9.17) is 5.11 Å². The maximum Gasteiger partial charge on any atom is 0.337 e. The number of hydrogen-bond acceptors (Lipinski definition) is 4. The van der Waals surface area contributed by atoms with Crippen molar-refractivity contribution >= 4 is 37.6 Å². The molecule has 19 heavy (non-hydrogen) atoms. The zero-order chi connectivity index (χ0) is 14.5. The summed E-state index contributed by atoms with van der Waals surface area (Å²) in [6.45, 7) is 0.779. The molecule has 0 radical (unpaired) electrons. The number of halogens is 1.